The van der Waals surface area contributed by atoms with Crippen molar-refractivity contribution in [3.05, 3.63) is 0 Å². The maximum absolute atomic E-state index is 11.4. The van der Waals surface area contributed by atoms with Gasteiger partial charge in [-0.3, -0.25) is 14.4 Å². The summed E-state index contributed by atoms with van der Waals surface area (Å²) >= 11 is 0. The van der Waals surface area contributed by atoms with Crippen molar-refractivity contribution in [2.75, 3.05) is 0 Å². The van der Waals surface area contributed by atoms with Gasteiger partial charge in [-0.15, -0.1) is 0 Å². The van der Waals surface area contributed by atoms with Crippen LogP contribution in [-0.2, 0) is 14.4 Å². The number of nitrogens with two attached hydrogens (primary N) is 1. The molecule has 0 aliphatic rings. The summed E-state index contributed by atoms with van der Waals surface area (Å²) in [5.74, 6) is -1.89. The van der Waals surface area contributed by atoms with E-state index in [4.69, 9.17) is 10.8 Å². The minimum Gasteiger partial charge on any atom is -0.481 e. The van der Waals surface area contributed by atoms with Crippen molar-refractivity contribution in [3.8, 4) is 0 Å². The largest absolute Gasteiger partial charge is 0.481 e. The molecule has 0 saturated heterocycles. The lowest BCUT2D eigenvalue weighted by Gasteiger charge is -2.14. The molecule has 16 heavy (non-hydrogen) atoms. The Morgan fingerprint density at radius 2 is 1.75 bits per heavy atom. The summed E-state index contributed by atoms with van der Waals surface area (Å²) < 4.78 is 0. The van der Waals surface area contributed by atoms with Crippen LogP contribution in [0.3, 0.4) is 0 Å². The highest BCUT2D eigenvalue weighted by Crippen LogP contribution is 2.07. The fourth-order valence-corrected chi connectivity index (χ4v) is 1.37. The van der Waals surface area contributed by atoms with Gasteiger partial charge in [0, 0.05) is 25.3 Å². The van der Waals surface area contributed by atoms with Crippen molar-refractivity contribution in [1.82, 2.24) is 5.32 Å². The van der Waals surface area contributed by atoms with Crippen molar-refractivity contribution in [3.63, 3.8) is 0 Å². The molecule has 0 aromatic carbocycles. The Hall–Kier alpha value is -1.59. The lowest BCUT2D eigenvalue weighted by atomic mass is 10.0. The third kappa shape index (κ3) is 7.78. The number of nitrogens with one attached hydrogen (secondary N) is 1. The van der Waals surface area contributed by atoms with E-state index in [1.54, 1.807) is 13.8 Å². The third-order valence-corrected chi connectivity index (χ3v) is 1.97. The van der Waals surface area contributed by atoms with Crippen molar-refractivity contribution >= 4 is 17.8 Å². The summed E-state index contributed by atoms with van der Waals surface area (Å²) in [5.41, 5.74) is 4.97. The number of aliphatic carboxylic acids is 1. The minimum absolute atomic E-state index is 0.0440. The van der Waals surface area contributed by atoms with Gasteiger partial charge in [0.05, 0.1) is 0 Å². The number of hydrogen-bond donors (Lipinski definition) is 3. The quantitative estimate of drug-likeness (QED) is 0.565. The average molecular weight is 230 g/mol. The first kappa shape index (κ1) is 14.4. The van der Waals surface area contributed by atoms with Crippen LogP contribution in [0.4, 0.5) is 0 Å². The second-order valence-corrected chi connectivity index (χ2v) is 4.05. The lowest BCUT2D eigenvalue weighted by molar-refractivity contribution is -0.138. The van der Waals surface area contributed by atoms with Crippen molar-refractivity contribution in [1.29, 1.82) is 0 Å². The molecule has 6 heteroatoms. The number of carboxylic acids is 1. The van der Waals surface area contributed by atoms with E-state index in [0.29, 0.717) is 0 Å². The summed E-state index contributed by atoms with van der Waals surface area (Å²) in [6.45, 7) is 3.36. The molecule has 0 aromatic heterocycles. The Morgan fingerprint density at radius 1 is 1.19 bits per heavy atom. The molecule has 0 aliphatic carbocycles. The average Bonchev–Trinajstić information content (AvgIpc) is 1.97. The number of primary amides is 1. The van der Waals surface area contributed by atoms with Gasteiger partial charge in [-0.05, 0) is 12.8 Å². The van der Waals surface area contributed by atoms with E-state index in [9.17, 15) is 14.4 Å². The normalized spacial score (nSPS) is 13.9. The molecule has 0 fully saturated rings. The monoisotopic (exact) mass is 230 g/mol. The zero-order valence-electron chi connectivity index (χ0n) is 9.53. The molecule has 2 atom stereocenters. The van der Waals surface area contributed by atoms with Crippen molar-refractivity contribution in [2.45, 2.75) is 39.2 Å². The number of carbonyl (C=O) groups excluding carboxylic acids is 2. The molecule has 0 rings (SSSR count). The van der Waals surface area contributed by atoms with E-state index < -0.39 is 11.9 Å². The van der Waals surface area contributed by atoms with Gasteiger partial charge in [0.1, 0.15) is 0 Å². The van der Waals surface area contributed by atoms with E-state index in [1.807, 2.05) is 0 Å². The highest BCUT2D eigenvalue weighted by molar-refractivity contribution is 5.79. The van der Waals surface area contributed by atoms with Crippen LogP contribution in [0.2, 0.25) is 0 Å². The van der Waals surface area contributed by atoms with E-state index in [0.717, 1.165) is 0 Å². The highest BCUT2D eigenvalue weighted by atomic mass is 16.4. The summed E-state index contributed by atoms with van der Waals surface area (Å²) in [6, 6.07) is -0.318. The SMILES string of the molecule is CC(CC(=O)O)CC(=O)NC(C)CC(N)=O. The Kier molecular flexibility index (Phi) is 6.14. The fraction of sp³-hybridized carbons (Fsp3) is 0.700. The standard InChI is InChI=1S/C10H18N2O4/c1-6(4-10(15)16)3-9(14)12-7(2)5-8(11)13/h6-7H,3-5H2,1-2H3,(H2,11,13)(H,12,14)(H,15,16). The molecular weight excluding hydrogens is 212 g/mol. The van der Waals surface area contributed by atoms with Crippen LogP contribution in [0.1, 0.15) is 33.1 Å². The minimum atomic E-state index is -0.925. The molecule has 2 amide bonds. The van der Waals surface area contributed by atoms with Gasteiger partial charge in [-0.2, -0.15) is 0 Å². The number of hydrogen-bond acceptors (Lipinski definition) is 3. The van der Waals surface area contributed by atoms with Crippen LogP contribution in [0.25, 0.3) is 0 Å². The zero-order chi connectivity index (χ0) is 12.7. The molecule has 0 saturated carbocycles. The molecular formula is C10H18N2O4. The molecule has 0 heterocycles. The van der Waals surface area contributed by atoms with E-state index in [1.165, 1.54) is 0 Å². The summed E-state index contributed by atoms with van der Waals surface area (Å²) in [4.78, 5) is 32.3. The molecule has 0 spiro atoms. The summed E-state index contributed by atoms with van der Waals surface area (Å²) in [5, 5.41) is 11.1. The van der Waals surface area contributed by atoms with Gasteiger partial charge in [0.15, 0.2) is 0 Å². The van der Waals surface area contributed by atoms with Crippen LogP contribution in [0.5, 0.6) is 0 Å². The second-order valence-electron chi connectivity index (χ2n) is 4.05. The van der Waals surface area contributed by atoms with Crippen molar-refractivity contribution < 1.29 is 19.5 Å². The molecule has 2 unspecified atom stereocenters. The number of carboxylic acid groups (broad SMARTS) is 1. The topological polar surface area (TPSA) is 109 Å². The van der Waals surface area contributed by atoms with Crippen LogP contribution in [0.15, 0.2) is 0 Å². The van der Waals surface area contributed by atoms with E-state index in [2.05, 4.69) is 5.32 Å². The van der Waals surface area contributed by atoms with Crippen LogP contribution < -0.4 is 11.1 Å². The molecule has 0 aromatic rings. The van der Waals surface area contributed by atoms with Crippen LogP contribution in [0, 0.1) is 5.92 Å². The Balaban J connectivity index is 3.89. The number of carbonyl (C=O) groups is 3. The number of amides is 2. The first-order valence-corrected chi connectivity index (χ1v) is 5.10. The fourth-order valence-electron chi connectivity index (χ4n) is 1.37. The predicted molar refractivity (Wildman–Crippen MR) is 57.4 cm³/mol. The summed E-state index contributed by atoms with van der Waals surface area (Å²) in [6.07, 6.45) is 0.173. The first-order valence-electron chi connectivity index (χ1n) is 5.10. The van der Waals surface area contributed by atoms with Gasteiger partial charge in [-0.25, -0.2) is 0 Å². The van der Waals surface area contributed by atoms with E-state index >= 15 is 0 Å². The van der Waals surface area contributed by atoms with Crippen molar-refractivity contribution in [2.24, 2.45) is 11.7 Å². The Bertz CT molecular complexity index is 252. The molecule has 0 radical (unpaired) electrons. The predicted octanol–water partition coefficient (Wildman–Crippen LogP) is -0.133. The molecule has 4 N–H and O–H groups in total. The maximum atomic E-state index is 11.4. The van der Waals surface area contributed by atoms with Gasteiger partial charge in [0.25, 0.3) is 0 Å². The second kappa shape index (κ2) is 6.81. The number of rotatable bonds is 7. The summed E-state index contributed by atoms with van der Waals surface area (Å²) in [7, 11) is 0. The van der Waals surface area contributed by atoms with Gasteiger partial charge in [-0.1, -0.05) is 6.92 Å². The molecule has 92 valence electrons. The lowest BCUT2D eigenvalue weighted by Crippen LogP contribution is -2.36. The third-order valence-electron chi connectivity index (χ3n) is 1.97. The molecule has 0 bridgehead atoms. The van der Waals surface area contributed by atoms with Gasteiger partial charge in [0.2, 0.25) is 11.8 Å². The van der Waals surface area contributed by atoms with Gasteiger partial charge >= 0.3 is 5.97 Å². The first-order chi connectivity index (χ1) is 7.31. The smallest absolute Gasteiger partial charge is 0.303 e. The zero-order valence-corrected chi connectivity index (χ0v) is 9.53. The van der Waals surface area contributed by atoms with Gasteiger partial charge < -0.3 is 16.2 Å². The van der Waals surface area contributed by atoms with E-state index in [-0.39, 0.29) is 37.1 Å². The van der Waals surface area contributed by atoms with Crippen LogP contribution >= 0.6 is 0 Å². The molecule has 0 aliphatic heterocycles. The Morgan fingerprint density at radius 3 is 2.19 bits per heavy atom. The van der Waals surface area contributed by atoms with Crippen LogP contribution in [-0.4, -0.2) is 28.9 Å². The Labute approximate surface area is 94.2 Å². The highest BCUT2D eigenvalue weighted by Gasteiger charge is 2.15. The molecule has 6 nitrogen and oxygen atoms in total. The maximum Gasteiger partial charge on any atom is 0.303 e.